The molecule has 0 bridgehead atoms. The van der Waals surface area contributed by atoms with Crippen molar-refractivity contribution in [2.45, 2.75) is 0 Å². The van der Waals surface area contributed by atoms with E-state index < -0.39 is 0 Å². The number of nitrogens with zero attached hydrogens (tertiary/aromatic N) is 4. The van der Waals surface area contributed by atoms with Crippen molar-refractivity contribution >= 4 is 0 Å². The van der Waals surface area contributed by atoms with E-state index in [1.807, 2.05) is 6.07 Å². The number of hydrogen-bond acceptors (Lipinski definition) is 4. The standard InChI is InChI=1S/C11H8N4O2/c1-17-10-6-8(7-12)5-9(11(10)16)3-2-4-14-15-13/h5-6,16H,4H2,1H3. The molecular weight excluding hydrogens is 220 g/mol. The molecule has 0 unspecified atom stereocenters. The van der Waals surface area contributed by atoms with Gasteiger partial charge in [0.2, 0.25) is 0 Å². The SMILES string of the molecule is COc1cc(C#N)cc(C#CCN=[N+]=[N-])c1O. The van der Waals surface area contributed by atoms with E-state index in [0.717, 1.165) is 0 Å². The lowest BCUT2D eigenvalue weighted by molar-refractivity contribution is 0.372. The Kier molecular flexibility index (Phi) is 4.26. The lowest BCUT2D eigenvalue weighted by Crippen LogP contribution is -1.89. The number of phenolic OH excluding ortho intramolecular Hbond substituents is 1. The molecule has 0 spiro atoms. The van der Waals surface area contributed by atoms with Crippen molar-refractivity contribution in [3.8, 4) is 29.4 Å². The molecule has 6 nitrogen and oxygen atoms in total. The predicted molar refractivity (Wildman–Crippen MR) is 60.3 cm³/mol. The summed E-state index contributed by atoms with van der Waals surface area (Å²) >= 11 is 0. The number of hydrogen-bond donors (Lipinski definition) is 1. The highest BCUT2D eigenvalue weighted by Crippen LogP contribution is 2.30. The first-order valence-electron chi connectivity index (χ1n) is 4.53. The molecule has 0 aliphatic rings. The highest BCUT2D eigenvalue weighted by Gasteiger charge is 2.08. The monoisotopic (exact) mass is 228 g/mol. The third-order valence-electron chi connectivity index (χ3n) is 1.86. The zero-order valence-electron chi connectivity index (χ0n) is 9.01. The van der Waals surface area contributed by atoms with Gasteiger partial charge in [0.05, 0.1) is 30.9 Å². The Morgan fingerprint density at radius 2 is 2.35 bits per heavy atom. The summed E-state index contributed by atoms with van der Waals surface area (Å²) in [5.74, 6) is 5.19. The van der Waals surface area contributed by atoms with Gasteiger partial charge in [-0.25, -0.2) is 0 Å². The van der Waals surface area contributed by atoms with Crippen LogP contribution in [0.5, 0.6) is 11.5 Å². The molecule has 0 fully saturated rings. The quantitative estimate of drug-likeness (QED) is 0.362. The average molecular weight is 228 g/mol. The summed E-state index contributed by atoms with van der Waals surface area (Å²) in [5.41, 5.74) is 8.65. The van der Waals surface area contributed by atoms with E-state index in [0.29, 0.717) is 5.56 Å². The lowest BCUT2D eigenvalue weighted by atomic mass is 10.1. The first-order valence-corrected chi connectivity index (χ1v) is 4.53. The molecule has 0 heterocycles. The molecule has 0 saturated heterocycles. The van der Waals surface area contributed by atoms with Crippen LogP contribution in [0.4, 0.5) is 0 Å². The molecule has 0 radical (unpaired) electrons. The summed E-state index contributed by atoms with van der Waals surface area (Å²) in [6.45, 7) is -0.00492. The summed E-state index contributed by atoms with van der Waals surface area (Å²) in [6.07, 6.45) is 0. The van der Waals surface area contributed by atoms with Crippen LogP contribution in [0.2, 0.25) is 0 Å². The maximum Gasteiger partial charge on any atom is 0.173 e. The Morgan fingerprint density at radius 3 is 2.94 bits per heavy atom. The Balaban J connectivity index is 3.17. The molecule has 1 aromatic carbocycles. The van der Waals surface area contributed by atoms with E-state index in [2.05, 4.69) is 21.9 Å². The van der Waals surface area contributed by atoms with Gasteiger partial charge in [0.15, 0.2) is 11.5 Å². The van der Waals surface area contributed by atoms with Crippen LogP contribution in [0, 0.1) is 23.2 Å². The van der Waals surface area contributed by atoms with E-state index >= 15 is 0 Å². The van der Waals surface area contributed by atoms with Gasteiger partial charge >= 0.3 is 0 Å². The van der Waals surface area contributed by atoms with Gasteiger partial charge < -0.3 is 9.84 Å². The van der Waals surface area contributed by atoms with E-state index in [1.54, 1.807) is 0 Å². The fourth-order valence-corrected chi connectivity index (χ4v) is 1.13. The summed E-state index contributed by atoms with van der Waals surface area (Å²) < 4.78 is 4.90. The molecule has 0 aliphatic heterocycles. The molecule has 84 valence electrons. The second-order valence-corrected chi connectivity index (χ2v) is 2.88. The summed E-state index contributed by atoms with van der Waals surface area (Å²) in [4.78, 5) is 2.54. The average Bonchev–Trinajstić information content (AvgIpc) is 2.36. The molecule has 0 aromatic heterocycles. The second-order valence-electron chi connectivity index (χ2n) is 2.88. The van der Waals surface area contributed by atoms with Crippen molar-refractivity contribution in [3.05, 3.63) is 33.7 Å². The molecular formula is C11H8N4O2. The zero-order chi connectivity index (χ0) is 12.7. The number of nitriles is 1. The third kappa shape index (κ3) is 3.07. The van der Waals surface area contributed by atoms with Crippen molar-refractivity contribution in [3.63, 3.8) is 0 Å². The fraction of sp³-hybridized carbons (Fsp3) is 0.182. The normalized spacial score (nSPS) is 8.24. The van der Waals surface area contributed by atoms with Crippen LogP contribution in [0.1, 0.15) is 11.1 Å². The maximum absolute atomic E-state index is 9.72. The van der Waals surface area contributed by atoms with Gasteiger partial charge in [-0.3, -0.25) is 0 Å². The molecule has 1 rings (SSSR count). The second kappa shape index (κ2) is 5.92. The van der Waals surface area contributed by atoms with E-state index in [1.165, 1.54) is 19.2 Å². The number of azide groups is 1. The highest BCUT2D eigenvalue weighted by molar-refractivity contribution is 5.57. The smallest absolute Gasteiger partial charge is 0.173 e. The molecule has 6 heteroatoms. The summed E-state index contributed by atoms with van der Waals surface area (Å²) in [6, 6.07) is 4.77. The van der Waals surface area contributed by atoms with Gasteiger partial charge in [0.25, 0.3) is 0 Å². The third-order valence-corrected chi connectivity index (χ3v) is 1.86. The van der Waals surface area contributed by atoms with Gasteiger partial charge in [-0.2, -0.15) is 5.26 Å². The largest absolute Gasteiger partial charge is 0.503 e. The Labute approximate surface area is 97.7 Å². The van der Waals surface area contributed by atoms with Gasteiger partial charge in [-0.05, 0) is 11.6 Å². The molecule has 0 amide bonds. The van der Waals surface area contributed by atoms with Crippen LogP contribution in [0.25, 0.3) is 10.4 Å². The Hall–Kier alpha value is -2.82. The van der Waals surface area contributed by atoms with Gasteiger partial charge in [-0.1, -0.05) is 17.0 Å². The number of rotatable bonds is 2. The van der Waals surface area contributed by atoms with Crippen LogP contribution in [0.15, 0.2) is 17.2 Å². The van der Waals surface area contributed by atoms with Crippen molar-refractivity contribution in [2.75, 3.05) is 13.7 Å². The molecule has 1 aromatic rings. The van der Waals surface area contributed by atoms with Crippen LogP contribution < -0.4 is 4.74 Å². The van der Waals surface area contributed by atoms with E-state index in [-0.39, 0.29) is 23.6 Å². The van der Waals surface area contributed by atoms with E-state index in [9.17, 15) is 5.11 Å². The first kappa shape index (κ1) is 12.3. The van der Waals surface area contributed by atoms with Gasteiger partial charge in [0.1, 0.15) is 0 Å². The molecule has 1 N–H and O–H groups in total. The summed E-state index contributed by atoms with van der Waals surface area (Å²) in [5, 5.41) is 21.7. The summed E-state index contributed by atoms with van der Waals surface area (Å²) in [7, 11) is 1.38. The molecule has 0 aliphatic carbocycles. The van der Waals surface area contributed by atoms with Crippen molar-refractivity contribution in [1.29, 1.82) is 5.26 Å². The van der Waals surface area contributed by atoms with Gasteiger partial charge in [0, 0.05) is 11.0 Å². The minimum Gasteiger partial charge on any atom is -0.503 e. The molecule has 0 atom stereocenters. The number of benzene rings is 1. The Bertz CT molecular complexity index is 572. The number of ether oxygens (including phenoxy) is 1. The minimum atomic E-state index is -0.139. The van der Waals surface area contributed by atoms with Crippen molar-refractivity contribution in [2.24, 2.45) is 5.11 Å². The zero-order valence-corrected chi connectivity index (χ0v) is 9.01. The van der Waals surface area contributed by atoms with Crippen LogP contribution in [0.3, 0.4) is 0 Å². The first-order chi connectivity index (χ1) is 8.22. The van der Waals surface area contributed by atoms with Crippen LogP contribution in [-0.4, -0.2) is 18.8 Å². The van der Waals surface area contributed by atoms with Crippen molar-refractivity contribution in [1.82, 2.24) is 0 Å². The van der Waals surface area contributed by atoms with Crippen LogP contribution in [-0.2, 0) is 0 Å². The maximum atomic E-state index is 9.72. The minimum absolute atomic E-state index is 0.00492. The van der Waals surface area contributed by atoms with E-state index in [4.69, 9.17) is 15.5 Å². The fourth-order valence-electron chi connectivity index (χ4n) is 1.13. The van der Waals surface area contributed by atoms with Gasteiger partial charge in [-0.15, -0.1) is 0 Å². The number of phenols is 1. The number of methoxy groups -OCH3 is 1. The number of aromatic hydroxyl groups is 1. The van der Waals surface area contributed by atoms with Crippen LogP contribution >= 0.6 is 0 Å². The highest BCUT2D eigenvalue weighted by atomic mass is 16.5. The topological polar surface area (TPSA) is 102 Å². The lowest BCUT2D eigenvalue weighted by Gasteiger charge is -2.05. The molecule has 0 saturated carbocycles. The Morgan fingerprint density at radius 1 is 1.59 bits per heavy atom. The molecule has 17 heavy (non-hydrogen) atoms. The predicted octanol–water partition coefficient (Wildman–Crippen LogP) is 1.93. The van der Waals surface area contributed by atoms with Crippen molar-refractivity contribution < 1.29 is 9.84 Å².